The zero-order valence-corrected chi connectivity index (χ0v) is 12.1. The molecule has 0 spiro atoms. The van der Waals surface area contributed by atoms with Gasteiger partial charge in [-0.15, -0.1) is 0 Å². The maximum absolute atomic E-state index is 5.48. The van der Waals surface area contributed by atoms with E-state index in [0.29, 0.717) is 6.04 Å². The molecule has 19 heavy (non-hydrogen) atoms. The van der Waals surface area contributed by atoms with Crippen LogP contribution >= 0.6 is 0 Å². The van der Waals surface area contributed by atoms with Crippen LogP contribution in [0.1, 0.15) is 51.0 Å². The molecule has 2 heterocycles. The Hall–Kier alpha value is -0.870. The monoisotopic (exact) mass is 263 g/mol. The summed E-state index contributed by atoms with van der Waals surface area (Å²) in [4.78, 5) is 2.54. The van der Waals surface area contributed by atoms with Crippen molar-refractivity contribution >= 4 is 0 Å². The Kier molecular flexibility index (Phi) is 3.89. The molecule has 1 aliphatic heterocycles. The highest BCUT2D eigenvalue weighted by molar-refractivity contribution is 5.06. The van der Waals surface area contributed by atoms with E-state index in [1.54, 1.807) is 0 Å². The summed E-state index contributed by atoms with van der Waals surface area (Å²) in [7, 11) is 0. The molecule has 0 amide bonds. The second kappa shape index (κ2) is 5.63. The van der Waals surface area contributed by atoms with Gasteiger partial charge in [0.1, 0.15) is 0 Å². The van der Waals surface area contributed by atoms with E-state index in [2.05, 4.69) is 35.3 Å². The van der Waals surface area contributed by atoms with Gasteiger partial charge in [0.15, 0.2) is 5.76 Å². The number of rotatable bonds is 6. The van der Waals surface area contributed by atoms with Crippen molar-refractivity contribution in [3.8, 4) is 0 Å². The van der Waals surface area contributed by atoms with Crippen LogP contribution in [0.3, 0.4) is 0 Å². The maximum atomic E-state index is 5.48. The van der Waals surface area contributed by atoms with Crippen LogP contribution in [0.4, 0.5) is 0 Å². The minimum absolute atomic E-state index is 0.707. The van der Waals surface area contributed by atoms with Gasteiger partial charge in [-0.3, -0.25) is 4.90 Å². The van der Waals surface area contributed by atoms with Crippen LogP contribution in [0, 0.1) is 5.92 Å². The predicted molar refractivity (Wildman–Crippen MR) is 74.6 cm³/mol. The molecule has 2 fully saturated rings. The van der Waals surface area contributed by atoms with E-state index in [4.69, 9.17) is 4.52 Å². The third kappa shape index (κ3) is 3.37. The van der Waals surface area contributed by atoms with Gasteiger partial charge in [-0.2, -0.15) is 0 Å². The predicted octanol–water partition coefficient (Wildman–Crippen LogP) is 2.55. The Morgan fingerprint density at radius 3 is 3.00 bits per heavy atom. The minimum Gasteiger partial charge on any atom is -0.360 e. The van der Waals surface area contributed by atoms with Crippen LogP contribution in [0.5, 0.6) is 0 Å². The van der Waals surface area contributed by atoms with Crippen molar-refractivity contribution in [3.05, 3.63) is 17.5 Å². The fraction of sp³-hybridized carbons (Fsp3) is 0.800. The molecule has 1 saturated carbocycles. The molecule has 106 valence electrons. The average Bonchev–Trinajstić information content (AvgIpc) is 2.91. The summed E-state index contributed by atoms with van der Waals surface area (Å²) in [6, 6.07) is 3.55. The van der Waals surface area contributed by atoms with Crippen molar-refractivity contribution in [1.82, 2.24) is 15.4 Å². The molecule has 1 unspecified atom stereocenters. The number of nitrogens with one attached hydrogen (secondary N) is 1. The molecule has 3 rings (SSSR count). The summed E-state index contributed by atoms with van der Waals surface area (Å²) in [6.07, 6.45) is 5.26. The van der Waals surface area contributed by atoms with Gasteiger partial charge < -0.3 is 9.84 Å². The maximum Gasteiger partial charge on any atom is 0.151 e. The Labute approximate surface area is 115 Å². The van der Waals surface area contributed by atoms with Gasteiger partial charge >= 0.3 is 0 Å². The van der Waals surface area contributed by atoms with Crippen molar-refractivity contribution in [2.45, 2.75) is 64.7 Å². The molecule has 1 atom stereocenters. The lowest BCUT2D eigenvalue weighted by Gasteiger charge is -2.26. The third-order valence-electron chi connectivity index (χ3n) is 4.30. The van der Waals surface area contributed by atoms with Crippen LogP contribution in [0.15, 0.2) is 10.6 Å². The summed E-state index contributed by atoms with van der Waals surface area (Å²) in [5.41, 5.74) is 1.04. The lowest BCUT2D eigenvalue weighted by atomic mass is 10.0. The van der Waals surface area contributed by atoms with E-state index >= 15 is 0 Å². The molecule has 1 aliphatic carbocycles. The number of aromatic nitrogens is 1. The Morgan fingerprint density at radius 1 is 1.42 bits per heavy atom. The Bertz CT molecular complexity index is 411. The highest BCUT2D eigenvalue weighted by Crippen LogP contribution is 2.25. The molecule has 4 heteroatoms. The average molecular weight is 263 g/mol. The largest absolute Gasteiger partial charge is 0.360 e. The van der Waals surface area contributed by atoms with Crippen LogP contribution in [0.2, 0.25) is 0 Å². The highest BCUT2D eigenvalue weighted by Gasteiger charge is 2.28. The smallest absolute Gasteiger partial charge is 0.151 e. The molecule has 0 aromatic carbocycles. The molecule has 0 bridgehead atoms. The summed E-state index contributed by atoms with van der Waals surface area (Å²) in [5, 5.41) is 7.63. The minimum atomic E-state index is 0.707. The summed E-state index contributed by atoms with van der Waals surface area (Å²) >= 11 is 0. The zero-order chi connectivity index (χ0) is 13.2. The summed E-state index contributed by atoms with van der Waals surface area (Å²) in [5.74, 6) is 1.74. The Balaban J connectivity index is 1.53. The van der Waals surface area contributed by atoms with Crippen molar-refractivity contribution in [1.29, 1.82) is 0 Å². The fourth-order valence-electron chi connectivity index (χ4n) is 3.05. The molecular formula is C15H25N3O. The molecule has 1 aromatic rings. The van der Waals surface area contributed by atoms with Gasteiger partial charge in [-0.25, -0.2) is 0 Å². The first-order valence-corrected chi connectivity index (χ1v) is 7.64. The van der Waals surface area contributed by atoms with Gasteiger partial charge in [0.05, 0.1) is 12.2 Å². The van der Waals surface area contributed by atoms with E-state index in [1.165, 1.54) is 32.2 Å². The van der Waals surface area contributed by atoms with Crippen LogP contribution < -0.4 is 5.32 Å². The summed E-state index contributed by atoms with van der Waals surface area (Å²) in [6.45, 7) is 7.59. The molecule has 1 saturated heterocycles. The van der Waals surface area contributed by atoms with Crippen molar-refractivity contribution < 1.29 is 4.52 Å². The van der Waals surface area contributed by atoms with Crippen LogP contribution in [-0.4, -0.2) is 28.7 Å². The zero-order valence-electron chi connectivity index (χ0n) is 12.1. The van der Waals surface area contributed by atoms with E-state index in [9.17, 15) is 0 Å². The van der Waals surface area contributed by atoms with Crippen LogP contribution in [-0.2, 0) is 13.1 Å². The first-order chi connectivity index (χ1) is 9.22. The highest BCUT2D eigenvalue weighted by atomic mass is 16.5. The van der Waals surface area contributed by atoms with Crippen molar-refractivity contribution in [2.75, 3.05) is 6.54 Å². The van der Waals surface area contributed by atoms with Gasteiger partial charge in [-0.1, -0.05) is 19.0 Å². The lowest BCUT2D eigenvalue weighted by Crippen LogP contribution is -2.32. The first kappa shape index (κ1) is 13.1. The Morgan fingerprint density at radius 2 is 2.26 bits per heavy atom. The topological polar surface area (TPSA) is 41.3 Å². The molecule has 0 radical (unpaired) electrons. The molecule has 1 N–H and O–H groups in total. The second-order valence-electron chi connectivity index (χ2n) is 6.36. The number of hydrogen-bond acceptors (Lipinski definition) is 4. The van der Waals surface area contributed by atoms with E-state index in [0.717, 1.165) is 36.5 Å². The number of likely N-dealkylation sites (tertiary alicyclic amines) is 1. The van der Waals surface area contributed by atoms with E-state index in [-0.39, 0.29) is 0 Å². The normalized spacial score (nSPS) is 24.5. The van der Waals surface area contributed by atoms with Gasteiger partial charge in [0.25, 0.3) is 0 Å². The summed E-state index contributed by atoms with van der Waals surface area (Å²) < 4.78 is 5.48. The quantitative estimate of drug-likeness (QED) is 0.856. The van der Waals surface area contributed by atoms with Crippen molar-refractivity contribution in [3.63, 3.8) is 0 Å². The van der Waals surface area contributed by atoms with Gasteiger partial charge in [-0.05, 0) is 38.1 Å². The molecule has 1 aromatic heterocycles. The van der Waals surface area contributed by atoms with Gasteiger partial charge in [0, 0.05) is 24.7 Å². The number of hydrogen-bond donors (Lipinski definition) is 1. The van der Waals surface area contributed by atoms with E-state index < -0.39 is 0 Å². The van der Waals surface area contributed by atoms with Crippen LogP contribution in [0.25, 0.3) is 0 Å². The SMILES string of the molecule is CC(C)C1CCCN1Cc1cc(CNC2CC2)no1. The second-order valence-corrected chi connectivity index (χ2v) is 6.36. The molecule has 2 aliphatic rings. The lowest BCUT2D eigenvalue weighted by molar-refractivity contribution is 0.178. The van der Waals surface area contributed by atoms with Gasteiger partial charge in [0.2, 0.25) is 0 Å². The first-order valence-electron chi connectivity index (χ1n) is 7.64. The van der Waals surface area contributed by atoms with Crippen molar-refractivity contribution in [2.24, 2.45) is 5.92 Å². The standard InChI is InChI=1S/C15H25N3O/c1-11(2)15-4-3-7-18(15)10-14-8-13(17-19-14)9-16-12-5-6-12/h8,11-12,15-16H,3-7,9-10H2,1-2H3. The van der Waals surface area contributed by atoms with E-state index in [1.807, 2.05) is 0 Å². The molecular weight excluding hydrogens is 238 g/mol. The molecule has 4 nitrogen and oxygen atoms in total. The fourth-order valence-corrected chi connectivity index (χ4v) is 3.05. The third-order valence-corrected chi connectivity index (χ3v) is 4.30. The number of nitrogens with zero attached hydrogens (tertiary/aromatic N) is 2.